The van der Waals surface area contributed by atoms with E-state index in [2.05, 4.69) is 38.3 Å². The summed E-state index contributed by atoms with van der Waals surface area (Å²) in [6.45, 7) is 10.4. The van der Waals surface area contributed by atoms with E-state index < -0.39 is 0 Å². The molecule has 1 aromatic heterocycles. The molecule has 0 bridgehead atoms. The Balaban J connectivity index is 1.45. The van der Waals surface area contributed by atoms with Crippen molar-refractivity contribution in [3.8, 4) is 0 Å². The van der Waals surface area contributed by atoms with Crippen molar-refractivity contribution in [2.45, 2.75) is 27.3 Å². The van der Waals surface area contributed by atoms with Gasteiger partial charge in [0, 0.05) is 38.8 Å². The first-order valence-corrected chi connectivity index (χ1v) is 8.61. The van der Waals surface area contributed by atoms with Gasteiger partial charge in [0.2, 0.25) is 17.7 Å². The second-order valence-corrected chi connectivity index (χ2v) is 6.56. The van der Waals surface area contributed by atoms with Crippen LogP contribution in [0.25, 0.3) is 0 Å². The maximum absolute atomic E-state index is 12.3. The lowest BCUT2D eigenvalue weighted by Crippen LogP contribution is -2.48. The lowest BCUT2D eigenvalue weighted by atomic mass is 10.1. The Morgan fingerprint density at radius 1 is 1.12 bits per heavy atom. The standard InChI is InChI=1S/C18H25N5O2/c1-13-5-4-6-16(14(13)2)19-17(24)11-22-7-9-23(10-8-22)12-18-21-20-15(3)25-18/h4-6H,7-12H2,1-3H3,(H,19,24). The molecule has 0 radical (unpaired) electrons. The highest BCUT2D eigenvalue weighted by atomic mass is 16.4. The molecule has 3 rings (SSSR count). The Hall–Kier alpha value is -2.25. The van der Waals surface area contributed by atoms with Crippen LogP contribution in [-0.4, -0.2) is 58.6 Å². The van der Waals surface area contributed by atoms with Crippen LogP contribution in [0.3, 0.4) is 0 Å². The molecule has 2 heterocycles. The van der Waals surface area contributed by atoms with E-state index in [1.54, 1.807) is 6.92 Å². The molecule has 0 spiro atoms. The number of anilines is 1. The molecule has 0 atom stereocenters. The third-order valence-corrected chi connectivity index (χ3v) is 4.64. The van der Waals surface area contributed by atoms with E-state index >= 15 is 0 Å². The molecule has 1 saturated heterocycles. The van der Waals surface area contributed by atoms with Gasteiger partial charge in [-0.3, -0.25) is 14.6 Å². The number of carbonyl (C=O) groups excluding carboxylic acids is 1. The molecule has 0 aliphatic carbocycles. The van der Waals surface area contributed by atoms with E-state index in [0.29, 0.717) is 24.9 Å². The van der Waals surface area contributed by atoms with E-state index in [0.717, 1.165) is 37.4 Å². The SMILES string of the molecule is Cc1nnc(CN2CCN(CC(=O)Nc3cccc(C)c3C)CC2)o1. The van der Waals surface area contributed by atoms with E-state index in [9.17, 15) is 4.79 Å². The molecule has 1 amide bonds. The normalized spacial score (nSPS) is 16.1. The summed E-state index contributed by atoms with van der Waals surface area (Å²) < 4.78 is 5.42. The predicted octanol–water partition coefficient (Wildman–Crippen LogP) is 1.75. The molecule has 7 heteroatoms. The molecule has 1 aromatic carbocycles. The Labute approximate surface area is 148 Å². The Morgan fingerprint density at radius 3 is 2.52 bits per heavy atom. The highest BCUT2D eigenvalue weighted by molar-refractivity contribution is 5.93. The Kier molecular flexibility index (Phi) is 5.45. The Morgan fingerprint density at radius 2 is 1.84 bits per heavy atom. The highest BCUT2D eigenvalue weighted by Crippen LogP contribution is 2.18. The zero-order valence-electron chi connectivity index (χ0n) is 15.1. The van der Waals surface area contributed by atoms with Crippen molar-refractivity contribution in [3.05, 3.63) is 41.1 Å². The van der Waals surface area contributed by atoms with E-state index in [-0.39, 0.29) is 5.91 Å². The van der Waals surface area contributed by atoms with Crippen molar-refractivity contribution < 1.29 is 9.21 Å². The van der Waals surface area contributed by atoms with Gasteiger partial charge in [-0.25, -0.2) is 0 Å². The van der Waals surface area contributed by atoms with Gasteiger partial charge in [0.1, 0.15) is 0 Å². The summed E-state index contributed by atoms with van der Waals surface area (Å²) in [6, 6.07) is 5.97. The zero-order chi connectivity index (χ0) is 17.8. The van der Waals surface area contributed by atoms with Gasteiger partial charge in [0.05, 0.1) is 13.1 Å². The molecule has 2 aromatic rings. The van der Waals surface area contributed by atoms with Crippen LogP contribution in [0.15, 0.2) is 22.6 Å². The lowest BCUT2D eigenvalue weighted by molar-refractivity contribution is -0.117. The van der Waals surface area contributed by atoms with Crippen LogP contribution in [0.2, 0.25) is 0 Å². The lowest BCUT2D eigenvalue weighted by Gasteiger charge is -2.33. The van der Waals surface area contributed by atoms with Crippen LogP contribution in [0.4, 0.5) is 5.69 Å². The number of aryl methyl sites for hydroxylation is 2. The third-order valence-electron chi connectivity index (χ3n) is 4.64. The molecule has 7 nitrogen and oxygen atoms in total. The van der Waals surface area contributed by atoms with Gasteiger partial charge < -0.3 is 9.73 Å². The number of amides is 1. The number of nitrogens with zero attached hydrogens (tertiary/aromatic N) is 4. The number of nitrogens with one attached hydrogen (secondary N) is 1. The Bertz CT molecular complexity index is 735. The smallest absolute Gasteiger partial charge is 0.238 e. The van der Waals surface area contributed by atoms with E-state index in [1.807, 2.05) is 19.1 Å². The molecular weight excluding hydrogens is 318 g/mol. The third kappa shape index (κ3) is 4.64. The number of carbonyl (C=O) groups is 1. The fraction of sp³-hybridized carbons (Fsp3) is 0.500. The van der Waals surface area contributed by atoms with Crippen LogP contribution in [0.1, 0.15) is 22.9 Å². The summed E-state index contributed by atoms with van der Waals surface area (Å²) in [6.07, 6.45) is 0. The molecule has 0 saturated carbocycles. The monoisotopic (exact) mass is 343 g/mol. The van der Waals surface area contributed by atoms with Crippen LogP contribution in [-0.2, 0) is 11.3 Å². The summed E-state index contributed by atoms with van der Waals surface area (Å²) in [5, 5.41) is 10.9. The molecule has 1 N–H and O–H groups in total. The van der Waals surface area contributed by atoms with Crippen molar-refractivity contribution in [1.29, 1.82) is 0 Å². The summed E-state index contributed by atoms with van der Waals surface area (Å²) >= 11 is 0. The van der Waals surface area contributed by atoms with Gasteiger partial charge in [-0.05, 0) is 31.0 Å². The van der Waals surface area contributed by atoms with Crippen molar-refractivity contribution in [1.82, 2.24) is 20.0 Å². The minimum atomic E-state index is 0.0367. The number of benzene rings is 1. The molecule has 1 aliphatic heterocycles. The molecule has 0 unspecified atom stereocenters. The fourth-order valence-corrected chi connectivity index (χ4v) is 2.98. The van der Waals surface area contributed by atoms with Crippen LogP contribution >= 0.6 is 0 Å². The minimum absolute atomic E-state index is 0.0367. The predicted molar refractivity (Wildman–Crippen MR) is 95.3 cm³/mol. The maximum atomic E-state index is 12.3. The van der Waals surface area contributed by atoms with Gasteiger partial charge in [-0.2, -0.15) is 0 Å². The first kappa shape index (κ1) is 17.6. The number of hydrogen-bond donors (Lipinski definition) is 1. The zero-order valence-corrected chi connectivity index (χ0v) is 15.1. The van der Waals surface area contributed by atoms with Crippen LogP contribution in [0.5, 0.6) is 0 Å². The summed E-state index contributed by atoms with van der Waals surface area (Å²) in [4.78, 5) is 16.8. The first-order valence-electron chi connectivity index (χ1n) is 8.61. The highest BCUT2D eigenvalue weighted by Gasteiger charge is 2.20. The number of piperazine rings is 1. The molecular formula is C18H25N5O2. The molecule has 25 heavy (non-hydrogen) atoms. The minimum Gasteiger partial charge on any atom is -0.424 e. The van der Waals surface area contributed by atoms with Gasteiger partial charge in [0.15, 0.2) is 0 Å². The van der Waals surface area contributed by atoms with E-state index in [4.69, 9.17) is 4.42 Å². The van der Waals surface area contributed by atoms with Crippen molar-refractivity contribution >= 4 is 11.6 Å². The largest absolute Gasteiger partial charge is 0.424 e. The average molecular weight is 343 g/mol. The quantitative estimate of drug-likeness (QED) is 0.891. The van der Waals surface area contributed by atoms with Crippen molar-refractivity contribution in [3.63, 3.8) is 0 Å². The van der Waals surface area contributed by atoms with Crippen LogP contribution in [0, 0.1) is 20.8 Å². The summed E-state index contributed by atoms with van der Waals surface area (Å²) in [7, 11) is 0. The topological polar surface area (TPSA) is 74.5 Å². The summed E-state index contributed by atoms with van der Waals surface area (Å²) in [5.41, 5.74) is 3.20. The number of aromatic nitrogens is 2. The number of rotatable bonds is 5. The number of hydrogen-bond acceptors (Lipinski definition) is 6. The van der Waals surface area contributed by atoms with Crippen LogP contribution < -0.4 is 5.32 Å². The maximum Gasteiger partial charge on any atom is 0.238 e. The second-order valence-electron chi connectivity index (χ2n) is 6.56. The molecule has 134 valence electrons. The second kappa shape index (κ2) is 7.76. The molecule has 1 fully saturated rings. The van der Waals surface area contributed by atoms with Gasteiger partial charge in [-0.15, -0.1) is 10.2 Å². The average Bonchev–Trinajstić information content (AvgIpc) is 2.99. The van der Waals surface area contributed by atoms with Crippen molar-refractivity contribution in [2.75, 3.05) is 38.0 Å². The van der Waals surface area contributed by atoms with E-state index in [1.165, 1.54) is 5.56 Å². The van der Waals surface area contributed by atoms with Gasteiger partial charge in [0.25, 0.3) is 0 Å². The van der Waals surface area contributed by atoms with Crippen molar-refractivity contribution in [2.24, 2.45) is 0 Å². The molecule has 1 aliphatic rings. The fourth-order valence-electron chi connectivity index (χ4n) is 2.98. The first-order chi connectivity index (χ1) is 12.0. The van der Waals surface area contributed by atoms with Gasteiger partial charge in [-0.1, -0.05) is 12.1 Å². The van der Waals surface area contributed by atoms with Gasteiger partial charge >= 0.3 is 0 Å². The summed E-state index contributed by atoms with van der Waals surface area (Å²) in [5.74, 6) is 1.28.